The highest BCUT2D eigenvalue weighted by molar-refractivity contribution is 5.67. The molecule has 0 saturated carbocycles. The van der Waals surface area contributed by atoms with Gasteiger partial charge >= 0.3 is 22.7 Å². The lowest BCUT2D eigenvalue weighted by Gasteiger charge is -2.15. The number of hydrogen-bond donors (Lipinski definition) is 0. The van der Waals surface area contributed by atoms with Crippen LogP contribution in [0.25, 0.3) is 0 Å². The van der Waals surface area contributed by atoms with Crippen LogP contribution in [0.2, 0.25) is 0 Å². The lowest BCUT2D eigenvalue weighted by molar-refractivity contribution is -0.395. The number of azo groups is 1. The third-order valence-corrected chi connectivity index (χ3v) is 6.54. The number of hydrogen-bond acceptors (Lipinski definition) is 14. The van der Waals surface area contributed by atoms with Gasteiger partial charge in [-0.05, 0) is 36.4 Å². The third kappa shape index (κ3) is 6.33. The van der Waals surface area contributed by atoms with E-state index in [4.69, 9.17) is 18.9 Å². The van der Waals surface area contributed by atoms with Crippen molar-refractivity contribution in [1.82, 2.24) is 0 Å². The molecule has 18 nitrogen and oxygen atoms in total. The lowest BCUT2D eigenvalue weighted by Crippen LogP contribution is -2.01. The van der Waals surface area contributed by atoms with Crippen LogP contribution in [-0.4, -0.2) is 19.7 Å². The van der Waals surface area contributed by atoms with Crippen molar-refractivity contribution in [3.05, 3.63) is 138 Å². The maximum Gasteiger partial charge on any atom is 0.318 e. The third-order valence-electron chi connectivity index (χ3n) is 6.54. The highest BCUT2D eigenvalue weighted by atomic mass is 16.6. The molecule has 8 bridgehead atoms. The maximum absolute atomic E-state index is 12.1. The molecule has 0 fully saturated rings. The second kappa shape index (κ2) is 12.5. The molecule has 5 aromatic carbocycles. The van der Waals surface area contributed by atoms with Gasteiger partial charge in [0, 0.05) is 24.3 Å². The van der Waals surface area contributed by atoms with Crippen molar-refractivity contribution in [2.75, 3.05) is 0 Å². The van der Waals surface area contributed by atoms with E-state index in [2.05, 4.69) is 10.2 Å². The van der Waals surface area contributed by atoms with Crippen LogP contribution in [0.1, 0.15) is 0 Å². The van der Waals surface area contributed by atoms with E-state index in [0.29, 0.717) is 17.8 Å². The van der Waals surface area contributed by atoms with E-state index in [1.54, 1.807) is 30.3 Å². The van der Waals surface area contributed by atoms with Gasteiger partial charge in [-0.3, -0.25) is 40.5 Å². The Bertz CT molecular complexity index is 2160. The van der Waals surface area contributed by atoms with Crippen LogP contribution in [0.4, 0.5) is 34.1 Å². The van der Waals surface area contributed by atoms with Crippen LogP contribution in [0.3, 0.4) is 0 Å². The number of rotatable bonds is 6. The molecule has 48 heavy (non-hydrogen) atoms. The highest BCUT2D eigenvalue weighted by Gasteiger charge is 2.30. The average molecular weight is 652 g/mol. The van der Waals surface area contributed by atoms with E-state index in [0.717, 1.165) is 12.1 Å². The SMILES string of the molecule is O=[N+]([O-])c1cc([N+](=O)[O-])c2cc1Oc1cccc(c1)Oc1cc(c([N+](=O)[O-])cc1[N+](=O)[O-])Oc1cc(ccc1N=Nc1ccccc1)O2. The van der Waals surface area contributed by atoms with E-state index >= 15 is 0 Å². The van der Waals surface area contributed by atoms with Crippen molar-refractivity contribution >= 4 is 34.1 Å². The number of nitro benzene ring substituents is 4. The quantitative estimate of drug-likeness (QED) is 0.0929. The fourth-order valence-electron chi connectivity index (χ4n) is 4.40. The van der Waals surface area contributed by atoms with Crippen LogP contribution in [0.5, 0.6) is 46.0 Å². The molecule has 0 aliphatic carbocycles. The molecule has 0 amide bonds. The largest absolute Gasteiger partial charge is 0.450 e. The Hall–Kier alpha value is -7.50. The van der Waals surface area contributed by atoms with Crippen molar-refractivity contribution in [1.29, 1.82) is 0 Å². The van der Waals surface area contributed by atoms with Gasteiger partial charge in [-0.15, -0.1) is 5.11 Å². The normalized spacial score (nSPS) is 11.8. The van der Waals surface area contributed by atoms with E-state index in [9.17, 15) is 40.5 Å². The molecular formula is C30H16N6O12. The van der Waals surface area contributed by atoms with Crippen LogP contribution in [0.15, 0.2) is 107 Å². The molecule has 5 aromatic rings. The smallest absolute Gasteiger partial charge is 0.318 e. The Morgan fingerprint density at radius 3 is 1.35 bits per heavy atom. The predicted octanol–water partition coefficient (Wildman–Crippen LogP) is 9.22. The van der Waals surface area contributed by atoms with E-state index in [-0.39, 0.29) is 28.7 Å². The fraction of sp³-hybridized carbons (Fsp3) is 0. The number of ether oxygens (including phenoxy) is 4. The zero-order valence-electron chi connectivity index (χ0n) is 23.8. The summed E-state index contributed by atoms with van der Waals surface area (Å²) in [6.07, 6.45) is 0. The maximum atomic E-state index is 12.1. The molecule has 1 heterocycles. The summed E-state index contributed by atoms with van der Waals surface area (Å²) < 4.78 is 23.2. The molecular weight excluding hydrogens is 636 g/mol. The Labute approximate surface area is 266 Å². The molecule has 18 heteroatoms. The molecule has 0 unspecified atom stereocenters. The Morgan fingerprint density at radius 1 is 0.417 bits per heavy atom. The summed E-state index contributed by atoms with van der Waals surface area (Å²) in [5.74, 6) is -2.40. The predicted molar refractivity (Wildman–Crippen MR) is 163 cm³/mol. The lowest BCUT2D eigenvalue weighted by atomic mass is 10.2. The van der Waals surface area contributed by atoms with Crippen molar-refractivity contribution in [2.45, 2.75) is 0 Å². The van der Waals surface area contributed by atoms with E-state index in [1.807, 2.05) is 0 Å². The first-order chi connectivity index (χ1) is 23.0. The molecule has 0 atom stereocenters. The summed E-state index contributed by atoms with van der Waals surface area (Å²) in [5, 5.41) is 56.1. The second-order valence-corrected chi connectivity index (χ2v) is 9.65. The van der Waals surface area contributed by atoms with Gasteiger partial charge in [0.05, 0.1) is 25.4 Å². The van der Waals surface area contributed by atoms with Gasteiger partial charge < -0.3 is 18.9 Å². The van der Waals surface area contributed by atoms with Crippen LogP contribution in [0, 0.1) is 40.5 Å². The molecule has 6 rings (SSSR count). The Morgan fingerprint density at radius 2 is 0.875 bits per heavy atom. The van der Waals surface area contributed by atoms with Crippen molar-refractivity contribution in [3.8, 4) is 46.0 Å². The standard InChI is InChI=1S/C30H16N6O12/c37-33(38)22-13-23(34(39)40)28-15-27(22)45-18-7-4-8-19(11-18)46-29-16-30(25(36(43)44)14-24(29)35(41)42)48-26-12-20(47-28)9-10-21(26)32-31-17-5-2-1-3-6-17/h1-16H. The highest BCUT2D eigenvalue weighted by Crippen LogP contribution is 2.48. The van der Waals surface area contributed by atoms with E-state index in [1.165, 1.54) is 42.5 Å². The molecule has 1 aliphatic rings. The van der Waals surface area contributed by atoms with Gasteiger partial charge in [0.25, 0.3) is 0 Å². The minimum absolute atomic E-state index is 0.00244. The van der Waals surface area contributed by atoms with Gasteiger partial charge in [0.2, 0.25) is 23.0 Å². The fourth-order valence-corrected chi connectivity index (χ4v) is 4.40. The van der Waals surface area contributed by atoms with Crippen LogP contribution < -0.4 is 18.9 Å². The average Bonchev–Trinajstić information content (AvgIpc) is 3.04. The van der Waals surface area contributed by atoms with Crippen molar-refractivity contribution < 1.29 is 38.6 Å². The molecule has 238 valence electrons. The first-order valence-electron chi connectivity index (χ1n) is 13.4. The zero-order valence-corrected chi connectivity index (χ0v) is 23.8. The molecule has 0 aromatic heterocycles. The number of fused-ring (bicyclic) bond motifs is 8. The first-order valence-corrected chi connectivity index (χ1v) is 13.4. The Balaban J connectivity index is 1.60. The summed E-state index contributed by atoms with van der Waals surface area (Å²) in [4.78, 5) is 44.3. The summed E-state index contributed by atoms with van der Waals surface area (Å²) in [7, 11) is 0. The first kappa shape index (κ1) is 30.5. The summed E-state index contributed by atoms with van der Waals surface area (Å²) in [5.41, 5.74) is -2.70. The topological polar surface area (TPSA) is 234 Å². The summed E-state index contributed by atoms with van der Waals surface area (Å²) in [6.45, 7) is 0. The minimum Gasteiger partial charge on any atom is -0.450 e. The van der Waals surface area contributed by atoms with Crippen LogP contribution in [-0.2, 0) is 0 Å². The van der Waals surface area contributed by atoms with Gasteiger partial charge in [-0.2, -0.15) is 5.11 Å². The number of benzene rings is 5. The van der Waals surface area contributed by atoms with Gasteiger partial charge in [-0.25, -0.2) is 0 Å². The number of nitrogens with zero attached hydrogens (tertiary/aromatic N) is 6. The number of nitro groups is 4. The van der Waals surface area contributed by atoms with Crippen LogP contribution >= 0.6 is 0 Å². The molecule has 0 N–H and O–H groups in total. The van der Waals surface area contributed by atoms with Crippen molar-refractivity contribution in [3.63, 3.8) is 0 Å². The molecule has 0 spiro atoms. The Kier molecular flexibility index (Phi) is 7.93. The summed E-state index contributed by atoms with van der Waals surface area (Å²) >= 11 is 0. The van der Waals surface area contributed by atoms with Gasteiger partial charge in [0.1, 0.15) is 35.1 Å². The zero-order chi connectivity index (χ0) is 33.9. The molecule has 1 aliphatic heterocycles. The molecule has 0 radical (unpaired) electrons. The monoisotopic (exact) mass is 652 g/mol. The minimum atomic E-state index is -0.897. The van der Waals surface area contributed by atoms with Gasteiger partial charge in [-0.1, -0.05) is 24.3 Å². The summed E-state index contributed by atoms with van der Waals surface area (Å²) in [6, 6.07) is 20.8. The van der Waals surface area contributed by atoms with E-state index < -0.39 is 65.4 Å². The molecule has 0 saturated heterocycles. The van der Waals surface area contributed by atoms with Crippen molar-refractivity contribution in [2.24, 2.45) is 10.2 Å². The second-order valence-electron chi connectivity index (χ2n) is 9.65. The van der Waals surface area contributed by atoms with Gasteiger partial charge in [0.15, 0.2) is 5.75 Å².